The fourth-order valence-corrected chi connectivity index (χ4v) is 3.17. The second-order valence-electron chi connectivity index (χ2n) is 12.8. The molecule has 0 heterocycles. The molecule has 0 saturated carbocycles. The molecule has 0 aromatic rings. The minimum absolute atomic E-state index is 0.245. The fraction of sp³-hybridized carbons (Fsp3) is 1.00. The van der Waals surface area contributed by atoms with E-state index in [0.717, 1.165) is 12.8 Å². The van der Waals surface area contributed by atoms with Crippen LogP contribution in [-0.2, 0) is 23.7 Å². The van der Waals surface area contributed by atoms with Gasteiger partial charge in [-0.25, -0.2) is 0 Å². The Hall–Kier alpha value is -0.200. The van der Waals surface area contributed by atoms with Gasteiger partial charge in [-0.3, -0.25) is 0 Å². The quantitative estimate of drug-likeness (QED) is 0.340. The summed E-state index contributed by atoms with van der Waals surface area (Å²) in [5, 5.41) is 0. The number of ether oxygens (including phenoxy) is 5. The number of hydrogen-bond donors (Lipinski definition) is 0. The van der Waals surface area contributed by atoms with Crippen LogP contribution in [0.5, 0.6) is 0 Å². The highest BCUT2D eigenvalue weighted by Crippen LogP contribution is 2.30. The van der Waals surface area contributed by atoms with Crippen molar-refractivity contribution in [1.82, 2.24) is 0 Å². The molecule has 0 fully saturated rings. The van der Waals surface area contributed by atoms with Crippen LogP contribution in [0.4, 0.5) is 0 Å². The van der Waals surface area contributed by atoms with Gasteiger partial charge in [0.1, 0.15) is 11.2 Å². The van der Waals surface area contributed by atoms with Gasteiger partial charge in [0.05, 0.1) is 48.8 Å². The van der Waals surface area contributed by atoms with Crippen molar-refractivity contribution in [3.8, 4) is 0 Å². The molecule has 0 aliphatic carbocycles. The highest BCUT2D eigenvalue weighted by Gasteiger charge is 2.40. The van der Waals surface area contributed by atoms with E-state index in [0.29, 0.717) is 26.4 Å². The van der Waals surface area contributed by atoms with Crippen LogP contribution in [0, 0.1) is 0 Å². The maximum Gasteiger partial charge on any atom is 0.115 e. The highest BCUT2D eigenvalue weighted by atomic mass is 16.6. The molecule has 0 rings (SSSR count). The lowest BCUT2D eigenvalue weighted by Crippen LogP contribution is -2.52. The molecule has 0 aliphatic heterocycles. The Balaban J connectivity index is 5.55. The van der Waals surface area contributed by atoms with Crippen LogP contribution in [0.15, 0.2) is 0 Å². The second-order valence-corrected chi connectivity index (χ2v) is 12.8. The molecule has 2 atom stereocenters. The molecule has 31 heavy (non-hydrogen) atoms. The third-order valence-corrected chi connectivity index (χ3v) is 4.60. The van der Waals surface area contributed by atoms with E-state index in [9.17, 15) is 0 Å². The van der Waals surface area contributed by atoms with Crippen molar-refractivity contribution < 1.29 is 23.7 Å². The maximum absolute atomic E-state index is 6.51. The van der Waals surface area contributed by atoms with E-state index in [1.807, 2.05) is 0 Å². The van der Waals surface area contributed by atoms with Crippen LogP contribution in [0.1, 0.15) is 110 Å². The van der Waals surface area contributed by atoms with E-state index >= 15 is 0 Å². The lowest BCUT2D eigenvalue weighted by molar-refractivity contribution is -0.232. The summed E-state index contributed by atoms with van der Waals surface area (Å²) in [5.74, 6) is 0. The van der Waals surface area contributed by atoms with Crippen molar-refractivity contribution in [3.63, 3.8) is 0 Å². The number of rotatable bonds is 12. The summed E-state index contributed by atoms with van der Waals surface area (Å²) in [4.78, 5) is 0. The van der Waals surface area contributed by atoms with Crippen molar-refractivity contribution in [2.75, 3.05) is 26.4 Å². The summed E-state index contributed by atoms with van der Waals surface area (Å²) in [5.41, 5.74) is -2.16. The first kappa shape index (κ1) is 30.8. The van der Waals surface area contributed by atoms with E-state index in [1.165, 1.54) is 0 Å². The zero-order valence-electron chi connectivity index (χ0n) is 23.3. The molecule has 0 N–H and O–H groups in total. The molecule has 0 bridgehead atoms. The maximum atomic E-state index is 6.51. The minimum atomic E-state index is -0.530. The fourth-order valence-electron chi connectivity index (χ4n) is 3.17. The SMILES string of the molecule is CCC(COCC(CC)(COC(C)(C)C)OC(C)(C)C)(COC(C)(C)C)OC(C)(C)C. The normalized spacial score (nSPS) is 18.0. The second kappa shape index (κ2) is 11.3. The largest absolute Gasteiger partial charge is 0.375 e. The molecule has 2 unspecified atom stereocenters. The standard InChI is InChI=1S/C26H54O5/c1-15-25(30-23(9,10)11,19-28-21(3,4)5)17-27-18-26(16-2,31-24(12,13)14)20-29-22(6,7)8/h15-20H2,1-14H3. The molecular formula is C26H54O5. The Morgan fingerprint density at radius 3 is 0.903 bits per heavy atom. The minimum Gasteiger partial charge on any atom is -0.375 e. The average molecular weight is 447 g/mol. The summed E-state index contributed by atoms with van der Waals surface area (Å²) in [7, 11) is 0. The van der Waals surface area contributed by atoms with Gasteiger partial charge in [0.15, 0.2) is 0 Å². The van der Waals surface area contributed by atoms with Crippen molar-refractivity contribution >= 4 is 0 Å². The van der Waals surface area contributed by atoms with Gasteiger partial charge < -0.3 is 23.7 Å². The Kier molecular flexibility index (Phi) is 11.2. The van der Waals surface area contributed by atoms with Gasteiger partial charge in [-0.05, 0) is 95.9 Å². The van der Waals surface area contributed by atoms with Gasteiger partial charge in [0, 0.05) is 0 Å². The molecule has 5 heteroatoms. The molecule has 0 amide bonds. The van der Waals surface area contributed by atoms with E-state index in [1.54, 1.807) is 0 Å². The van der Waals surface area contributed by atoms with Crippen LogP contribution in [0.3, 0.4) is 0 Å². The monoisotopic (exact) mass is 446 g/mol. The van der Waals surface area contributed by atoms with E-state index < -0.39 is 11.2 Å². The Labute approximate surface area is 193 Å². The molecule has 0 aliphatic rings. The Morgan fingerprint density at radius 1 is 0.419 bits per heavy atom. The van der Waals surface area contributed by atoms with Gasteiger partial charge in [-0.2, -0.15) is 0 Å². The van der Waals surface area contributed by atoms with Crippen LogP contribution in [-0.4, -0.2) is 60.0 Å². The van der Waals surface area contributed by atoms with Crippen LogP contribution >= 0.6 is 0 Å². The molecule has 0 aromatic carbocycles. The summed E-state index contributed by atoms with van der Waals surface area (Å²) in [6.07, 6.45) is 1.58. The van der Waals surface area contributed by atoms with Crippen molar-refractivity contribution in [1.29, 1.82) is 0 Å². The summed E-state index contributed by atoms with van der Waals surface area (Å²) in [6, 6.07) is 0. The average Bonchev–Trinajstić information content (AvgIpc) is 2.53. The predicted molar refractivity (Wildman–Crippen MR) is 130 cm³/mol. The first-order chi connectivity index (χ1) is 13.7. The molecule has 0 radical (unpaired) electrons. The van der Waals surface area contributed by atoms with Crippen LogP contribution < -0.4 is 0 Å². The first-order valence-electron chi connectivity index (χ1n) is 11.9. The Bertz CT molecular complexity index is 458. The Morgan fingerprint density at radius 2 is 0.710 bits per heavy atom. The zero-order chi connectivity index (χ0) is 24.8. The topological polar surface area (TPSA) is 46.2 Å². The molecule has 0 saturated heterocycles. The zero-order valence-corrected chi connectivity index (χ0v) is 23.3. The van der Waals surface area contributed by atoms with Gasteiger partial charge in [-0.1, -0.05) is 13.8 Å². The molecule has 0 spiro atoms. The molecular weight excluding hydrogens is 392 g/mol. The molecule has 5 nitrogen and oxygen atoms in total. The smallest absolute Gasteiger partial charge is 0.115 e. The third kappa shape index (κ3) is 14.5. The van der Waals surface area contributed by atoms with E-state index in [-0.39, 0.29) is 22.4 Å². The van der Waals surface area contributed by atoms with Gasteiger partial charge >= 0.3 is 0 Å². The first-order valence-corrected chi connectivity index (χ1v) is 11.9. The summed E-state index contributed by atoms with van der Waals surface area (Å²) < 4.78 is 31.7. The predicted octanol–water partition coefficient (Wildman–Crippen LogP) is 6.56. The number of hydrogen-bond acceptors (Lipinski definition) is 5. The lowest BCUT2D eigenvalue weighted by atomic mass is 9.98. The van der Waals surface area contributed by atoms with Gasteiger partial charge in [0.2, 0.25) is 0 Å². The van der Waals surface area contributed by atoms with Gasteiger partial charge in [-0.15, -0.1) is 0 Å². The highest BCUT2D eigenvalue weighted by molar-refractivity contribution is 4.87. The van der Waals surface area contributed by atoms with E-state index in [4.69, 9.17) is 23.7 Å². The van der Waals surface area contributed by atoms with Gasteiger partial charge in [0.25, 0.3) is 0 Å². The van der Waals surface area contributed by atoms with Crippen LogP contribution in [0.2, 0.25) is 0 Å². The lowest BCUT2D eigenvalue weighted by Gasteiger charge is -2.43. The van der Waals surface area contributed by atoms with Crippen LogP contribution in [0.25, 0.3) is 0 Å². The summed E-state index contributed by atoms with van der Waals surface area (Å²) >= 11 is 0. The van der Waals surface area contributed by atoms with Crippen molar-refractivity contribution in [2.24, 2.45) is 0 Å². The van der Waals surface area contributed by atoms with Crippen molar-refractivity contribution in [3.05, 3.63) is 0 Å². The molecule has 0 aromatic heterocycles. The molecule has 188 valence electrons. The van der Waals surface area contributed by atoms with Crippen molar-refractivity contribution in [2.45, 2.75) is 143 Å². The third-order valence-electron chi connectivity index (χ3n) is 4.60. The summed E-state index contributed by atoms with van der Waals surface area (Å²) in [6.45, 7) is 30.9. The van der Waals surface area contributed by atoms with E-state index in [2.05, 4.69) is 96.9 Å².